The van der Waals surface area contributed by atoms with Crippen molar-refractivity contribution < 1.29 is 4.74 Å². The van der Waals surface area contributed by atoms with E-state index in [1.165, 1.54) is 36.8 Å². The summed E-state index contributed by atoms with van der Waals surface area (Å²) in [6.07, 6.45) is 5.40. The number of nitrogens with one attached hydrogen (secondary N) is 1. The van der Waals surface area contributed by atoms with Gasteiger partial charge in [0.15, 0.2) is 0 Å². The molecule has 0 heterocycles. The second-order valence-electron chi connectivity index (χ2n) is 6.77. The fourth-order valence-corrected chi connectivity index (χ4v) is 3.33. The van der Waals surface area contributed by atoms with Crippen molar-refractivity contribution in [1.82, 2.24) is 5.32 Å². The van der Waals surface area contributed by atoms with Gasteiger partial charge >= 0.3 is 0 Å². The molecule has 2 heteroatoms. The maximum atomic E-state index is 5.84. The molecule has 1 saturated carbocycles. The van der Waals surface area contributed by atoms with Gasteiger partial charge < -0.3 is 10.1 Å². The molecule has 2 aromatic carbocycles. The number of hydrogen-bond donors (Lipinski definition) is 1. The molecule has 1 aliphatic rings. The highest BCUT2D eigenvalue weighted by Crippen LogP contribution is 2.24. The summed E-state index contributed by atoms with van der Waals surface area (Å²) in [6, 6.07) is 19.4. The molecule has 0 bridgehead atoms. The highest BCUT2D eigenvalue weighted by Gasteiger charge is 2.17. The van der Waals surface area contributed by atoms with Crippen LogP contribution in [0.25, 0.3) is 0 Å². The van der Waals surface area contributed by atoms with E-state index >= 15 is 0 Å². The van der Waals surface area contributed by atoms with Crippen molar-refractivity contribution in [2.24, 2.45) is 5.92 Å². The molecule has 0 aromatic heterocycles. The summed E-state index contributed by atoms with van der Waals surface area (Å²) in [5, 5.41) is 3.70. The molecule has 23 heavy (non-hydrogen) atoms. The lowest BCUT2D eigenvalue weighted by Gasteiger charge is -2.27. The minimum atomic E-state index is 0.623. The van der Waals surface area contributed by atoms with Crippen molar-refractivity contribution in [2.75, 3.05) is 0 Å². The Bertz CT molecular complexity index is 579. The van der Waals surface area contributed by atoms with Gasteiger partial charge in [0.05, 0.1) is 0 Å². The fourth-order valence-electron chi connectivity index (χ4n) is 3.33. The third kappa shape index (κ3) is 5.11. The number of ether oxygens (including phenoxy) is 1. The van der Waals surface area contributed by atoms with Gasteiger partial charge in [-0.3, -0.25) is 0 Å². The monoisotopic (exact) mass is 309 g/mol. The summed E-state index contributed by atoms with van der Waals surface area (Å²) < 4.78 is 5.84. The summed E-state index contributed by atoms with van der Waals surface area (Å²) in [5.74, 6) is 1.80. The third-order valence-electron chi connectivity index (χ3n) is 4.70. The van der Waals surface area contributed by atoms with Crippen molar-refractivity contribution in [2.45, 2.75) is 51.8 Å². The lowest BCUT2D eigenvalue weighted by atomic mass is 9.87. The Kier molecular flexibility index (Phi) is 5.71. The molecule has 2 atom stereocenters. The molecule has 2 nitrogen and oxygen atoms in total. The summed E-state index contributed by atoms with van der Waals surface area (Å²) >= 11 is 0. The number of benzene rings is 2. The predicted molar refractivity (Wildman–Crippen MR) is 95.5 cm³/mol. The van der Waals surface area contributed by atoms with Crippen LogP contribution in [-0.2, 0) is 13.2 Å². The number of hydrogen-bond acceptors (Lipinski definition) is 2. The predicted octanol–water partition coefficient (Wildman–Crippen LogP) is 4.93. The molecule has 1 N–H and O–H groups in total. The van der Waals surface area contributed by atoms with Crippen molar-refractivity contribution in [3.63, 3.8) is 0 Å². The van der Waals surface area contributed by atoms with Crippen molar-refractivity contribution in [3.05, 3.63) is 65.7 Å². The van der Waals surface area contributed by atoms with Gasteiger partial charge in [-0.2, -0.15) is 0 Å². The Morgan fingerprint density at radius 1 is 0.957 bits per heavy atom. The first kappa shape index (κ1) is 16.1. The second-order valence-corrected chi connectivity index (χ2v) is 6.77. The zero-order valence-corrected chi connectivity index (χ0v) is 14.0. The first-order chi connectivity index (χ1) is 11.3. The van der Waals surface area contributed by atoms with Crippen LogP contribution >= 0.6 is 0 Å². The van der Waals surface area contributed by atoms with E-state index in [1.807, 2.05) is 18.2 Å². The maximum absolute atomic E-state index is 5.84. The van der Waals surface area contributed by atoms with Crippen molar-refractivity contribution >= 4 is 0 Å². The van der Waals surface area contributed by atoms with Crippen LogP contribution in [0.5, 0.6) is 5.75 Å². The van der Waals surface area contributed by atoms with Crippen LogP contribution in [-0.4, -0.2) is 6.04 Å². The molecule has 0 spiro atoms. The van der Waals surface area contributed by atoms with Gasteiger partial charge in [-0.05, 0) is 42.0 Å². The second kappa shape index (κ2) is 8.16. The largest absolute Gasteiger partial charge is 0.489 e. The Balaban J connectivity index is 1.45. The summed E-state index contributed by atoms with van der Waals surface area (Å²) in [6.45, 7) is 3.95. The molecular formula is C21H27NO. The van der Waals surface area contributed by atoms with E-state index in [1.54, 1.807) is 0 Å². The van der Waals surface area contributed by atoms with E-state index < -0.39 is 0 Å². The fraction of sp³-hybridized carbons (Fsp3) is 0.429. The molecule has 0 amide bonds. The minimum Gasteiger partial charge on any atom is -0.489 e. The normalized spacial score (nSPS) is 21.1. The van der Waals surface area contributed by atoms with Crippen LogP contribution in [0.15, 0.2) is 54.6 Å². The molecule has 1 aliphatic carbocycles. The molecule has 1 fully saturated rings. The Morgan fingerprint density at radius 2 is 1.74 bits per heavy atom. The van der Waals surface area contributed by atoms with Crippen LogP contribution in [0.3, 0.4) is 0 Å². The Labute approximate surface area is 139 Å². The zero-order chi connectivity index (χ0) is 15.9. The van der Waals surface area contributed by atoms with E-state index in [2.05, 4.69) is 48.6 Å². The smallest absolute Gasteiger partial charge is 0.119 e. The van der Waals surface area contributed by atoms with E-state index in [0.717, 1.165) is 18.2 Å². The third-order valence-corrected chi connectivity index (χ3v) is 4.70. The first-order valence-corrected chi connectivity index (χ1v) is 8.78. The molecule has 0 radical (unpaired) electrons. The van der Waals surface area contributed by atoms with Gasteiger partial charge in [0, 0.05) is 12.6 Å². The minimum absolute atomic E-state index is 0.623. The first-order valence-electron chi connectivity index (χ1n) is 8.78. The molecule has 0 saturated heterocycles. The Hall–Kier alpha value is -1.80. The maximum Gasteiger partial charge on any atom is 0.119 e. The standard InChI is InChI=1S/C21H27NO/c1-17-6-5-9-20(14-17)22-15-18-10-12-21(13-11-18)23-16-19-7-3-2-4-8-19/h2-4,7-8,10-13,17,20,22H,5-6,9,14-16H2,1H3. The average Bonchev–Trinajstić information content (AvgIpc) is 2.60. The van der Waals surface area contributed by atoms with Crippen LogP contribution in [0.4, 0.5) is 0 Å². The van der Waals surface area contributed by atoms with Crippen LogP contribution < -0.4 is 10.1 Å². The SMILES string of the molecule is CC1CCCC(NCc2ccc(OCc3ccccc3)cc2)C1. The van der Waals surface area contributed by atoms with Crippen LogP contribution in [0, 0.1) is 5.92 Å². The topological polar surface area (TPSA) is 21.3 Å². The van der Waals surface area contributed by atoms with E-state index in [9.17, 15) is 0 Å². The zero-order valence-electron chi connectivity index (χ0n) is 14.0. The molecular weight excluding hydrogens is 282 g/mol. The van der Waals surface area contributed by atoms with E-state index in [4.69, 9.17) is 4.74 Å². The lowest BCUT2D eigenvalue weighted by Crippen LogP contribution is -2.33. The van der Waals surface area contributed by atoms with Gasteiger partial charge in [0.1, 0.15) is 12.4 Å². The van der Waals surface area contributed by atoms with E-state index in [0.29, 0.717) is 12.6 Å². The summed E-state index contributed by atoms with van der Waals surface area (Å²) in [5.41, 5.74) is 2.53. The van der Waals surface area contributed by atoms with Crippen molar-refractivity contribution in [1.29, 1.82) is 0 Å². The van der Waals surface area contributed by atoms with Crippen LogP contribution in [0.2, 0.25) is 0 Å². The molecule has 2 aromatic rings. The molecule has 2 unspecified atom stereocenters. The highest BCUT2D eigenvalue weighted by atomic mass is 16.5. The van der Waals surface area contributed by atoms with Crippen molar-refractivity contribution in [3.8, 4) is 5.75 Å². The lowest BCUT2D eigenvalue weighted by molar-refractivity contribution is 0.300. The summed E-state index contributed by atoms with van der Waals surface area (Å²) in [4.78, 5) is 0. The van der Waals surface area contributed by atoms with Gasteiger partial charge in [-0.25, -0.2) is 0 Å². The number of rotatable bonds is 6. The van der Waals surface area contributed by atoms with E-state index in [-0.39, 0.29) is 0 Å². The quantitative estimate of drug-likeness (QED) is 0.816. The highest BCUT2D eigenvalue weighted by molar-refractivity contribution is 5.27. The van der Waals surface area contributed by atoms with Gasteiger partial charge in [0.25, 0.3) is 0 Å². The average molecular weight is 309 g/mol. The molecule has 3 rings (SSSR count). The summed E-state index contributed by atoms with van der Waals surface area (Å²) in [7, 11) is 0. The molecule has 122 valence electrons. The van der Waals surface area contributed by atoms with Crippen LogP contribution in [0.1, 0.15) is 43.7 Å². The van der Waals surface area contributed by atoms with Gasteiger partial charge in [0.2, 0.25) is 0 Å². The van der Waals surface area contributed by atoms with Gasteiger partial charge in [-0.15, -0.1) is 0 Å². The van der Waals surface area contributed by atoms with Gasteiger partial charge in [-0.1, -0.05) is 62.2 Å². The molecule has 0 aliphatic heterocycles. The Morgan fingerprint density at radius 3 is 2.48 bits per heavy atom.